The van der Waals surface area contributed by atoms with Crippen LogP contribution in [0.2, 0.25) is 0 Å². The molecule has 0 atom stereocenters. The Kier molecular flexibility index (Phi) is 6.77. The molecule has 1 aliphatic carbocycles. The molecule has 34 heavy (non-hydrogen) atoms. The summed E-state index contributed by atoms with van der Waals surface area (Å²) in [5, 5.41) is 12.2. The number of fused-ring (bicyclic) bond motifs is 3. The minimum atomic E-state index is -4.84. The molecule has 0 saturated carbocycles. The van der Waals surface area contributed by atoms with Crippen LogP contribution in [-0.2, 0) is 4.74 Å². The number of phenolic OH excluding ortho intramolecular Hbond substituents is 1. The summed E-state index contributed by atoms with van der Waals surface area (Å²) in [6.07, 6.45) is -2.12. The highest BCUT2D eigenvalue weighted by molar-refractivity contribution is 5.79. The van der Waals surface area contributed by atoms with E-state index in [1.165, 1.54) is 6.08 Å². The number of halogens is 3. The average Bonchev–Trinajstić information content (AvgIpc) is 3.12. The molecule has 2 N–H and O–H groups in total. The van der Waals surface area contributed by atoms with Crippen LogP contribution < -0.4 is 10.1 Å². The Morgan fingerprint density at radius 3 is 2.29 bits per heavy atom. The van der Waals surface area contributed by atoms with Crippen molar-refractivity contribution in [2.75, 3.05) is 13.2 Å². The Balaban J connectivity index is 1.28. The van der Waals surface area contributed by atoms with Gasteiger partial charge in [-0.05, 0) is 46.9 Å². The first-order valence-electron chi connectivity index (χ1n) is 10.7. The second-order valence-corrected chi connectivity index (χ2v) is 7.71. The number of amides is 1. The van der Waals surface area contributed by atoms with Gasteiger partial charge in [0.1, 0.15) is 18.1 Å². The Bertz CT molecular complexity index is 1160. The molecule has 0 bridgehead atoms. The van der Waals surface area contributed by atoms with Gasteiger partial charge in [0.05, 0.1) is 0 Å². The second kappa shape index (κ2) is 9.91. The molecule has 0 unspecified atom stereocenters. The van der Waals surface area contributed by atoms with E-state index in [1.807, 2.05) is 36.4 Å². The Labute approximate surface area is 194 Å². The maximum atomic E-state index is 12.5. The van der Waals surface area contributed by atoms with Crippen LogP contribution in [0, 0.1) is 0 Å². The van der Waals surface area contributed by atoms with Crippen molar-refractivity contribution in [1.29, 1.82) is 0 Å². The minimum Gasteiger partial charge on any atom is -0.508 e. The molecular weight excluding hydrogens is 447 g/mol. The lowest BCUT2D eigenvalue weighted by molar-refractivity contribution is -0.274. The maximum Gasteiger partial charge on any atom is 0.573 e. The summed E-state index contributed by atoms with van der Waals surface area (Å²) in [6.45, 7) is 0.415. The Morgan fingerprint density at radius 2 is 1.65 bits per heavy atom. The van der Waals surface area contributed by atoms with Gasteiger partial charge in [0.2, 0.25) is 0 Å². The molecule has 0 spiro atoms. The number of benzene rings is 3. The molecule has 1 amide bonds. The predicted molar refractivity (Wildman–Crippen MR) is 122 cm³/mol. The van der Waals surface area contributed by atoms with Crippen molar-refractivity contribution in [2.24, 2.45) is 0 Å². The fourth-order valence-electron chi connectivity index (χ4n) is 4.00. The molecule has 0 aliphatic heterocycles. The highest BCUT2D eigenvalue weighted by atomic mass is 19.4. The van der Waals surface area contributed by atoms with Crippen molar-refractivity contribution < 1.29 is 32.5 Å². The molecule has 8 heteroatoms. The molecule has 0 aromatic heterocycles. The summed E-state index contributed by atoms with van der Waals surface area (Å²) in [6, 6.07) is 19.4. The third-order valence-corrected chi connectivity index (χ3v) is 5.44. The number of nitrogens with one attached hydrogen (secondary N) is 1. The van der Waals surface area contributed by atoms with Gasteiger partial charge in [0.15, 0.2) is 0 Å². The second-order valence-electron chi connectivity index (χ2n) is 7.71. The molecule has 0 radical (unpaired) electrons. The lowest BCUT2D eigenvalue weighted by Gasteiger charge is -2.14. The highest BCUT2D eigenvalue weighted by Crippen LogP contribution is 2.44. The summed E-state index contributed by atoms with van der Waals surface area (Å²) in [4.78, 5) is 12.2. The van der Waals surface area contributed by atoms with Gasteiger partial charge < -0.3 is 19.9 Å². The Morgan fingerprint density at radius 1 is 1.00 bits per heavy atom. The van der Waals surface area contributed by atoms with Crippen LogP contribution in [0.25, 0.3) is 17.2 Å². The molecule has 0 fully saturated rings. The monoisotopic (exact) mass is 469 g/mol. The van der Waals surface area contributed by atoms with Gasteiger partial charge in [0.25, 0.3) is 0 Å². The third kappa shape index (κ3) is 5.51. The molecule has 3 aromatic carbocycles. The number of ether oxygens (including phenoxy) is 2. The molecule has 176 valence electrons. The minimum absolute atomic E-state index is 0.0455. The number of alkyl carbamates (subject to hydrolysis) is 1. The van der Waals surface area contributed by atoms with Crippen LogP contribution in [0.3, 0.4) is 0 Å². The van der Waals surface area contributed by atoms with E-state index in [1.54, 1.807) is 6.08 Å². The number of rotatable bonds is 7. The molecule has 0 heterocycles. The maximum absolute atomic E-state index is 12.5. The van der Waals surface area contributed by atoms with Crippen LogP contribution in [0.15, 0.2) is 72.8 Å². The van der Waals surface area contributed by atoms with Gasteiger partial charge in [-0.2, -0.15) is 0 Å². The van der Waals surface area contributed by atoms with Crippen molar-refractivity contribution in [3.63, 3.8) is 0 Å². The summed E-state index contributed by atoms with van der Waals surface area (Å²) in [7, 11) is 0. The van der Waals surface area contributed by atoms with Gasteiger partial charge in [-0.15, -0.1) is 13.2 Å². The molecule has 4 rings (SSSR count). The normalized spacial score (nSPS) is 12.9. The van der Waals surface area contributed by atoms with Gasteiger partial charge in [-0.25, -0.2) is 4.79 Å². The van der Waals surface area contributed by atoms with E-state index >= 15 is 0 Å². The summed E-state index contributed by atoms with van der Waals surface area (Å²) >= 11 is 0. The quantitative estimate of drug-likeness (QED) is 0.403. The number of alkyl halides is 3. The van der Waals surface area contributed by atoms with E-state index in [0.29, 0.717) is 6.42 Å². The first kappa shape index (κ1) is 23.2. The van der Waals surface area contributed by atoms with E-state index < -0.39 is 18.2 Å². The van der Waals surface area contributed by atoms with E-state index in [9.17, 15) is 23.1 Å². The largest absolute Gasteiger partial charge is 0.573 e. The number of phenols is 1. The first-order valence-corrected chi connectivity index (χ1v) is 10.7. The van der Waals surface area contributed by atoms with E-state index in [-0.39, 0.29) is 30.4 Å². The van der Waals surface area contributed by atoms with E-state index in [0.717, 1.165) is 40.5 Å². The van der Waals surface area contributed by atoms with Crippen LogP contribution in [0.1, 0.15) is 29.0 Å². The van der Waals surface area contributed by atoms with Crippen LogP contribution in [-0.4, -0.2) is 30.7 Å². The number of hydrogen-bond donors (Lipinski definition) is 2. The topological polar surface area (TPSA) is 67.8 Å². The van der Waals surface area contributed by atoms with Gasteiger partial charge >= 0.3 is 12.5 Å². The SMILES string of the molecule is O=C(NCCC=Cc1cc(O)ccc1OC(F)(F)F)OCC1c2ccccc2-c2ccccc21. The van der Waals surface area contributed by atoms with Gasteiger partial charge in [0, 0.05) is 18.0 Å². The van der Waals surface area contributed by atoms with Crippen LogP contribution in [0.4, 0.5) is 18.0 Å². The van der Waals surface area contributed by atoms with E-state index in [4.69, 9.17) is 4.74 Å². The highest BCUT2D eigenvalue weighted by Gasteiger charge is 2.32. The smallest absolute Gasteiger partial charge is 0.508 e. The predicted octanol–water partition coefficient (Wildman–Crippen LogP) is 6.23. The summed E-state index contributed by atoms with van der Waals surface area (Å²) < 4.78 is 47.0. The van der Waals surface area contributed by atoms with Crippen molar-refractivity contribution in [1.82, 2.24) is 5.32 Å². The summed E-state index contributed by atoms with van der Waals surface area (Å²) in [5.41, 5.74) is 4.57. The number of hydrogen-bond acceptors (Lipinski definition) is 4. The van der Waals surface area contributed by atoms with Crippen molar-refractivity contribution >= 4 is 12.2 Å². The number of aromatic hydroxyl groups is 1. The fraction of sp³-hybridized carbons (Fsp3) is 0.192. The number of carbonyl (C=O) groups is 1. The zero-order valence-corrected chi connectivity index (χ0v) is 18.0. The number of carbonyl (C=O) groups excluding carboxylic acids is 1. The molecular formula is C26H22F3NO4. The van der Waals surface area contributed by atoms with Crippen LogP contribution >= 0.6 is 0 Å². The fourth-order valence-corrected chi connectivity index (χ4v) is 4.00. The zero-order chi connectivity index (χ0) is 24.1. The molecule has 1 aliphatic rings. The Hall–Kier alpha value is -3.94. The molecule has 0 saturated heterocycles. The first-order chi connectivity index (χ1) is 16.3. The zero-order valence-electron chi connectivity index (χ0n) is 18.0. The standard InChI is InChI=1S/C26H22F3NO4/c27-26(28,29)34-24-13-12-18(31)15-17(24)7-5-6-14-30-25(32)33-16-23-21-10-3-1-8-19(21)20-9-2-4-11-22(20)23/h1-5,7-13,15,23,31H,6,14,16H2,(H,30,32). The van der Waals surface area contributed by atoms with Crippen molar-refractivity contribution in [3.8, 4) is 22.6 Å². The lowest BCUT2D eigenvalue weighted by atomic mass is 9.98. The average molecular weight is 469 g/mol. The van der Waals surface area contributed by atoms with E-state index in [2.05, 4.69) is 22.2 Å². The van der Waals surface area contributed by atoms with Crippen molar-refractivity contribution in [3.05, 3.63) is 89.5 Å². The van der Waals surface area contributed by atoms with Crippen molar-refractivity contribution in [2.45, 2.75) is 18.7 Å². The van der Waals surface area contributed by atoms with Gasteiger partial charge in [-0.1, -0.05) is 60.7 Å². The third-order valence-electron chi connectivity index (χ3n) is 5.44. The summed E-state index contributed by atoms with van der Waals surface area (Å²) in [5.74, 6) is -0.659. The van der Waals surface area contributed by atoms with Gasteiger partial charge in [-0.3, -0.25) is 0 Å². The molecule has 5 nitrogen and oxygen atoms in total. The lowest BCUT2D eigenvalue weighted by Crippen LogP contribution is -2.26. The molecule has 3 aromatic rings. The van der Waals surface area contributed by atoms with Crippen LogP contribution in [0.5, 0.6) is 11.5 Å².